The number of carbonyl (C=O) groups is 2. The molecule has 1 fully saturated rings. The average Bonchev–Trinajstić information content (AvgIpc) is 3.10. The monoisotopic (exact) mass is 412 g/mol. The van der Waals surface area contributed by atoms with E-state index in [9.17, 15) is 9.59 Å². The molecule has 1 aliphatic heterocycles. The Morgan fingerprint density at radius 1 is 1.17 bits per heavy atom. The molecule has 0 saturated carbocycles. The zero-order chi connectivity index (χ0) is 20.6. The standard InChI is InChI=1S/C23H28N2O3S/c1-3-5-6-14-21(26)24-18-11-9-10-17(15-18)23-25(22(27)16-29-23)19-12-7-8-13-20(19)28-4-2/h7-13,15,23H,3-6,14,16H2,1-2H3,(H,24,26)/t23-/m0/s1. The van der Waals surface area contributed by atoms with Gasteiger partial charge in [0.2, 0.25) is 11.8 Å². The molecule has 1 atom stereocenters. The third-order valence-corrected chi connectivity index (χ3v) is 5.97. The van der Waals surface area contributed by atoms with Gasteiger partial charge in [0.1, 0.15) is 11.1 Å². The number of ether oxygens (including phenoxy) is 1. The second kappa shape index (κ2) is 10.3. The summed E-state index contributed by atoms with van der Waals surface area (Å²) in [5.41, 5.74) is 2.53. The number of amides is 2. The lowest BCUT2D eigenvalue weighted by atomic mass is 10.1. The molecule has 0 spiro atoms. The van der Waals surface area contributed by atoms with Gasteiger partial charge in [0, 0.05) is 12.1 Å². The van der Waals surface area contributed by atoms with E-state index in [1.807, 2.05) is 55.5 Å². The lowest BCUT2D eigenvalue weighted by Gasteiger charge is -2.26. The van der Waals surface area contributed by atoms with Crippen LogP contribution in [0.4, 0.5) is 11.4 Å². The van der Waals surface area contributed by atoms with Crippen molar-refractivity contribution in [2.75, 3.05) is 22.6 Å². The normalized spacial score (nSPS) is 16.1. The number of thioether (sulfide) groups is 1. The predicted octanol–water partition coefficient (Wildman–Crippen LogP) is 5.38. The molecule has 1 aliphatic rings. The smallest absolute Gasteiger partial charge is 0.238 e. The van der Waals surface area contributed by atoms with Crippen molar-refractivity contribution in [3.8, 4) is 5.75 Å². The Balaban J connectivity index is 1.81. The Hall–Kier alpha value is -2.47. The molecule has 1 heterocycles. The summed E-state index contributed by atoms with van der Waals surface area (Å²) in [7, 11) is 0. The lowest BCUT2D eigenvalue weighted by Crippen LogP contribution is -2.28. The van der Waals surface area contributed by atoms with Gasteiger partial charge in [-0.2, -0.15) is 0 Å². The molecule has 6 heteroatoms. The quantitative estimate of drug-likeness (QED) is 0.562. The van der Waals surface area contributed by atoms with Crippen LogP contribution in [-0.2, 0) is 9.59 Å². The van der Waals surface area contributed by atoms with Gasteiger partial charge in [-0.15, -0.1) is 11.8 Å². The molecule has 154 valence electrons. The van der Waals surface area contributed by atoms with Crippen molar-refractivity contribution in [2.45, 2.75) is 44.9 Å². The van der Waals surface area contributed by atoms with Crippen LogP contribution in [0.2, 0.25) is 0 Å². The van der Waals surface area contributed by atoms with Crippen LogP contribution in [0.15, 0.2) is 48.5 Å². The molecule has 1 N–H and O–H groups in total. The largest absolute Gasteiger partial charge is 0.492 e. The van der Waals surface area contributed by atoms with Crippen LogP contribution in [0.3, 0.4) is 0 Å². The maximum absolute atomic E-state index is 12.7. The van der Waals surface area contributed by atoms with E-state index in [1.54, 1.807) is 16.7 Å². The molecular weight excluding hydrogens is 384 g/mol. The first-order valence-electron chi connectivity index (χ1n) is 10.2. The SMILES string of the molecule is CCCCCC(=O)Nc1cccc([C@@H]2SCC(=O)N2c2ccccc2OCC)c1. The summed E-state index contributed by atoms with van der Waals surface area (Å²) in [6, 6.07) is 15.4. The number of nitrogens with one attached hydrogen (secondary N) is 1. The topological polar surface area (TPSA) is 58.6 Å². The molecule has 2 aromatic rings. The fraction of sp³-hybridized carbons (Fsp3) is 0.391. The molecule has 0 aliphatic carbocycles. The highest BCUT2D eigenvalue weighted by molar-refractivity contribution is 8.00. The molecule has 0 radical (unpaired) electrons. The van der Waals surface area contributed by atoms with Gasteiger partial charge < -0.3 is 10.1 Å². The first-order valence-corrected chi connectivity index (χ1v) is 11.2. The predicted molar refractivity (Wildman–Crippen MR) is 120 cm³/mol. The average molecular weight is 413 g/mol. The van der Waals surface area contributed by atoms with Crippen molar-refractivity contribution < 1.29 is 14.3 Å². The maximum atomic E-state index is 12.7. The Kier molecular flexibility index (Phi) is 7.58. The van der Waals surface area contributed by atoms with Crippen molar-refractivity contribution >= 4 is 35.0 Å². The van der Waals surface area contributed by atoms with E-state index in [0.29, 0.717) is 24.5 Å². The van der Waals surface area contributed by atoms with Crippen LogP contribution in [0.5, 0.6) is 5.75 Å². The summed E-state index contributed by atoms with van der Waals surface area (Å²) >= 11 is 1.59. The Labute approximate surface area is 176 Å². The molecule has 29 heavy (non-hydrogen) atoms. The van der Waals surface area contributed by atoms with Crippen LogP contribution >= 0.6 is 11.8 Å². The zero-order valence-electron chi connectivity index (χ0n) is 17.0. The number of unbranched alkanes of at least 4 members (excludes halogenated alkanes) is 2. The highest BCUT2D eigenvalue weighted by Gasteiger charge is 2.35. The molecule has 2 amide bonds. The van der Waals surface area contributed by atoms with E-state index in [-0.39, 0.29) is 17.2 Å². The van der Waals surface area contributed by atoms with E-state index in [2.05, 4.69) is 12.2 Å². The molecule has 1 saturated heterocycles. The summed E-state index contributed by atoms with van der Waals surface area (Å²) in [6.07, 6.45) is 3.58. The summed E-state index contributed by atoms with van der Waals surface area (Å²) in [5, 5.41) is 2.83. The number of benzene rings is 2. The summed E-state index contributed by atoms with van der Waals surface area (Å²) in [5.74, 6) is 1.21. The molecular formula is C23H28N2O3S. The fourth-order valence-corrected chi connectivity index (χ4v) is 4.55. The Bertz CT molecular complexity index is 856. The summed E-state index contributed by atoms with van der Waals surface area (Å²) in [6.45, 7) is 4.59. The minimum Gasteiger partial charge on any atom is -0.492 e. The number of rotatable bonds is 9. The number of carbonyl (C=O) groups excluding carboxylic acids is 2. The summed E-state index contributed by atoms with van der Waals surface area (Å²) < 4.78 is 5.74. The molecule has 0 aromatic heterocycles. The van der Waals surface area contributed by atoms with Gasteiger partial charge in [-0.05, 0) is 43.2 Å². The van der Waals surface area contributed by atoms with Crippen molar-refractivity contribution in [1.82, 2.24) is 0 Å². The minimum atomic E-state index is -0.152. The number of para-hydroxylation sites is 2. The zero-order valence-corrected chi connectivity index (χ0v) is 17.8. The van der Waals surface area contributed by atoms with Crippen molar-refractivity contribution in [3.05, 3.63) is 54.1 Å². The van der Waals surface area contributed by atoms with Crippen LogP contribution in [-0.4, -0.2) is 24.2 Å². The van der Waals surface area contributed by atoms with Gasteiger partial charge in [0.05, 0.1) is 18.0 Å². The van der Waals surface area contributed by atoms with Crippen LogP contribution < -0.4 is 15.0 Å². The van der Waals surface area contributed by atoms with Gasteiger partial charge in [-0.25, -0.2) is 0 Å². The molecule has 5 nitrogen and oxygen atoms in total. The molecule has 0 bridgehead atoms. The van der Waals surface area contributed by atoms with E-state index in [0.717, 1.165) is 36.2 Å². The molecule has 2 aromatic carbocycles. The maximum Gasteiger partial charge on any atom is 0.238 e. The highest BCUT2D eigenvalue weighted by Crippen LogP contribution is 2.45. The molecule has 3 rings (SSSR count). The van der Waals surface area contributed by atoms with Gasteiger partial charge in [-0.1, -0.05) is 44.0 Å². The first-order chi connectivity index (χ1) is 14.1. The number of hydrogen-bond donors (Lipinski definition) is 1. The highest BCUT2D eigenvalue weighted by atomic mass is 32.2. The van der Waals surface area contributed by atoms with Gasteiger partial charge in [0.15, 0.2) is 0 Å². The van der Waals surface area contributed by atoms with E-state index < -0.39 is 0 Å². The van der Waals surface area contributed by atoms with Crippen LogP contribution in [0.1, 0.15) is 50.5 Å². The minimum absolute atomic E-state index is 0.0318. The number of hydrogen-bond acceptors (Lipinski definition) is 4. The lowest BCUT2D eigenvalue weighted by molar-refractivity contribution is -0.117. The third kappa shape index (κ3) is 5.32. The fourth-order valence-electron chi connectivity index (χ4n) is 3.39. The second-order valence-corrected chi connectivity index (χ2v) is 8.03. The van der Waals surface area contributed by atoms with E-state index >= 15 is 0 Å². The van der Waals surface area contributed by atoms with E-state index in [1.165, 1.54) is 0 Å². The summed E-state index contributed by atoms with van der Waals surface area (Å²) in [4.78, 5) is 26.7. The first kappa shape index (κ1) is 21.2. The van der Waals surface area contributed by atoms with Gasteiger partial charge in [-0.3, -0.25) is 14.5 Å². The van der Waals surface area contributed by atoms with Gasteiger partial charge >= 0.3 is 0 Å². The van der Waals surface area contributed by atoms with Crippen molar-refractivity contribution in [3.63, 3.8) is 0 Å². The van der Waals surface area contributed by atoms with Crippen molar-refractivity contribution in [2.24, 2.45) is 0 Å². The van der Waals surface area contributed by atoms with Gasteiger partial charge in [0.25, 0.3) is 0 Å². The Morgan fingerprint density at radius 3 is 2.79 bits per heavy atom. The molecule has 0 unspecified atom stereocenters. The van der Waals surface area contributed by atoms with E-state index in [4.69, 9.17) is 4.74 Å². The number of nitrogens with zero attached hydrogens (tertiary/aromatic N) is 1. The van der Waals surface area contributed by atoms with Crippen LogP contribution in [0.25, 0.3) is 0 Å². The number of anilines is 2. The third-order valence-electron chi connectivity index (χ3n) is 4.76. The van der Waals surface area contributed by atoms with Crippen molar-refractivity contribution in [1.29, 1.82) is 0 Å². The Morgan fingerprint density at radius 2 is 2.00 bits per heavy atom. The van der Waals surface area contributed by atoms with Crippen LogP contribution in [0, 0.1) is 0 Å². The second-order valence-electron chi connectivity index (χ2n) is 6.96.